The molecule has 10 unspecified atom stereocenters. The van der Waals surface area contributed by atoms with E-state index in [0.717, 1.165) is 61.8 Å². The maximum absolute atomic E-state index is 7.17. The molecule has 5 aliphatic carbocycles. The van der Waals surface area contributed by atoms with Gasteiger partial charge in [0.2, 0.25) is 5.79 Å². The van der Waals surface area contributed by atoms with Crippen LogP contribution in [0.2, 0.25) is 0 Å². The standard InChI is InChI=1S/C42H67NO6/c1-23-12-19-41(43-22-23)26(4)35-34(46-41)21-33-29-10-9-27-20-28(13-16-38(27,5)32(29)14-17-39(33,35)6)44-36-25(3)31-11-8-24(2)30-15-18-40(7)47-37(45-36)42(30,31)49-48-40/h23-37,43H,8-22H2,1-7H3/t23?,24-,25-,26+,27?,28-,29?,30?,31?,32?,33?,34+,35+,36?,37?,38+,39+,40?,41-,42-/m1/s1. The van der Waals surface area contributed by atoms with Crippen molar-refractivity contribution in [3.63, 3.8) is 0 Å². The lowest BCUT2D eigenvalue weighted by molar-refractivity contribution is -0.578. The average Bonchev–Trinajstić information content (AvgIpc) is 3.39. The number of piperidine rings is 1. The highest BCUT2D eigenvalue weighted by Crippen LogP contribution is 2.71. The van der Waals surface area contributed by atoms with E-state index in [0.29, 0.717) is 46.5 Å². The second-order valence-corrected chi connectivity index (χ2v) is 20.6. The molecule has 0 aromatic carbocycles. The van der Waals surface area contributed by atoms with E-state index < -0.39 is 17.7 Å². The number of hydrogen-bond donors (Lipinski definition) is 1. The third-order valence-electron chi connectivity index (χ3n) is 18.5. The van der Waals surface area contributed by atoms with E-state index in [4.69, 9.17) is 28.7 Å². The van der Waals surface area contributed by atoms with Crippen molar-refractivity contribution in [1.82, 2.24) is 5.32 Å². The first-order valence-corrected chi connectivity index (χ1v) is 21.2. The molecule has 1 N–H and O–H groups in total. The molecule has 6 heterocycles. The highest BCUT2D eigenvalue weighted by molar-refractivity contribution is 5.16. The minimum Gasteiger partial charge on any atom is -0.357 e. The molecule has 2 spiro atoms. The average molecular weight is 682 g/mol. The van der Waals surface area contributed by atoms with Gasteiger partial charge in [-0.3, -0.25) is 5.32 Å². The zero-order valence-corrected chi connectivity index (χ0v) is 31.7. The minimum atomic E-state index is -0.737. The maximum atomic E-state index is 7.17. The van der Waals surface area contributed by atoms with Crippen LogP contribution in [0, 0.1) is 75.9 Å². The summed E-state index contributed by atoms with van der Waals surface area (Å²) in [6.45, 7) is 18.2. The van der Waals surface area contributed by atoms with Gasteiger partial charge in [0.05, 0.1) is 12.2 Å². The molecule has 0 aromatic rings. The summed E-state index contributed by atoms with van der Waals surface area (Å²) < 4.78 is 27.8. The Morgan fingerprint density at radius 2 is 1.51 bits per heavy atom. The normalized spacial score (nSPS) is 63.6. The summed E-state index contributed by atoms with van der Waals surface area (Å²) in [6, 6.07) is 0. The van der Waals surface area contributed by atoms with Crippen molar-refractivity contribution < 1.29 is 28.7 Å². The summed E-state index contributed by atoms with van der Waals surface area (Å²) in [6.07, 6.45) is 17.3. The first-order valence-electron chi connectivity index (χ1n) is 21.2. The lowest BCUT2D eigenvalue weighted by Crippen LogP contribution is -2.70. The van der Waals surface area contributed by atoms with Crippen LogP contribution < -0.4 is 5.32 Å². The summed E-state index contributed by atoms with van der Waals surface area (Å²) in [7, 11) is 0. The molecule has 0 radical (unpaired) electrons. The van der Waals surface area contributed by atoms with Crippen LogP contribution in [0.5, 0.6) is 0 Å². The fraction of sp³-hybridized carbons (Fsp3) is 1.00. The monoisotopic (exact) mass is 681 g/mol. The Balaban J connectivity index is 0.828. The van der Waals surface area contributed by atoms with Gasteiger partial charge in [0.15, 0.2) is 18.2 Å². The van der Waals surface area contributed by atoms with Gasteiger partial charge < -0.3 is 18.9 Å². The zero-order valence-electron chi connectivity index (χ0n) is 31.7. The van der Waals surface area contributed by atoms with Gasteiger partial charge in [0.1, 0.15) is 5.72 Å². The first-order chi connectivity index (χ1) is 23.4. The van der Waals surface area contributed by atoms with Crippen LogP contribution in [-0.2, 0) is 28.7 Å². The molecule has 7 nitrogen and oxygen atoms in total. The number of hydrogen-bond acceptors (Lipinski definition) is 7. The van der Waals surface area contributed by atoms with Gasteiger partial charge in [-0.15, -0.1) is 0 Å². The Morgan fingerprint density at radius 3 is 2.33 bits per heavy atom. The van der Waals surface area contributed by atoms with Crippen molar-refractivity contribution in [3.05, 3.63) is 0 Å². The molecular weight excluding hydrogens is 614 g/mol. The summed E-state index contributed by atoms with van der Waals surface area (Å²) in [4.78, 5) is 12.5. The van der Waals surface area contributed by atoms with Crippen LogP contribution in [0.3, 0.4) is 0 Å². The quantitative estimate of drug-likeness (QED) is 0.231. The lowest BCUT2D eigenvalue weighted by Gasteiger charge is -2.62. The molecule has 0 aromatic heterocycles. The molecule has 6 saturated heterocycles. The van der Waals surface area contributed by atoms with Crippen molar-refractivity contribution in [2.24, 2.45) is 75.9 Å². The van der Waals surface area contributed by atoms with E-state index in [1.165, 1.54) is 64.2 Å². The van der Waals surface area contributed by atoms with Crippen molar-refractivity contribution in [2.45, 2.75) is 180 Å². The van der Waals surface area contributed by atoms with Gasteiger partial charge in [-0.05, 0) is 149 Å². The van der Waals surface area contributed by atoms with E-state index in [-0.39, 0.29) is 24.0 Å². The van der Waals surface area contributed by atoms with Gasteiger partial charge in [-0.2, -0.15) is 0 Å². The van der Waals surface area contributed by atoms with Crippen LogP contribution in [0.4, 0.5) is 0 Å². The molecule has 11 fully saturated rings. The Hall–Kier alpha value is -0.280. The molecule has 2 bridgehead atoms. The predicted molar refractivity (Wildman–Crippen MR) is 185 cm³/mol. The Labute approximate surface area is 296 Å². The molecule has 20 atom stereocenters. The fourth-order valence-electron chi connectivity index (χ4n) is 15.8. The molecule has 49 heavy (non-hydrogen) atoms. The van der Waals surface area contributed by atoms with E-state index in [9.17, 15) is 0 Å². The molecule has 5 saturated carbocycles. The van der Waals surface area contributed by atoms with Crippen LogP contribution in [0.1, 0.15) is 138 Å². The van der Waals surface area contributed by atoms with Crippen molar-refractivity contribution >= 4 is 0 Å². The molecule has 6 aliphatic heterocycles. The van der Waals surface area contributed by atoms with E-state index in [1.807, 2.05) is 6.92 Å². The summed E-state index contributed by atoms with van der Waals surface area (Å²) in [5, 5.41) is 3.95. The third-order valence-corrected chi connectivity index (χ3v) is 18.5. The van der Waals surface area contributed by atoms with Crippen LogP contribution in [0.25, 0.3) is 0 Å². The zero-order chi connectivity index (χ0) is 33.7. The summed E-state index contributed by atoms with van der Waals surface area (Å²) in [5.74, 6) is 6.18. The maximum Gasteiger partial charge on any atom is 0.201 e. The third kappa shape index (κ3) is 4.51. The number of ether oxygens (including phenoxy) is 4. The van der Waals surface area contributed by atoms with Gasteiger partial charge in [0, 0.05) is 30.7 Å². The minimum absolute atomic E-state index is 0.0629. The van der Waals surface area contributed by atoms with Crippen molar-refractivity contribution in [1.29, 1.82) is 0 Å². The van der Waals surface area contributed by atoms with E-state index in [1.54, 1.807) is 0 Å². The first kappa shape index (κ1) is 33.3. The number of nitrogens with one attached hydrogen (secondary N) is 1. The SMILES string of the molecule is CC1CC[C@@]2(NC1)O[C@H]1CC3C4CCC5C[C@H](OC6OC7OC8(C)CCC9[C@H](C)CCC([C@H]6C)[C@@]79OO8)CC[C@]5(C)C4CC[C@]3(C)[C@H]1[C@@H]2C. The topological polar surface area (TPSA) is 67.4 Å². The second kappa shape index (κ2) is 11.1. The molecule has 7 heteroatoms. The second-order valence-electron chi connectivity index (χ2n) is 20.6. The molecule has 0 amide bonds. The summed E-state index contributed by atoms with van der Waals surface area (Å²) >= 11 is 0. The van der Waals surface area contributed by atoms with Gasteiger partial charge in [-0.1, -0.05) is 41.5 Å². The van der Waals surface area contributed by atoms with Crippen molar-refractivity contribution in [3.8, 4) is 0 Å². The van der Waals surface area contributed by atoms with Crippen LogP contribution in [0.15, 0.2) is 0 Å². The van der Waals surface area contributed by atoms with Gasteiger partial charge >= 0.3 is 0 Å². The number of rotatable bonds is 2. The largest absolute Gasteiger partial charge is 0.357 e. The Morgan fingerprint density at radius 1 is 0.694 bits per heavy atom. The smallest absolute Gasteiger partial charge is 0.201 e. The Kier molecular flexibility index (Phi) is 7.57. The Bertz CT molecular complexity index is 1300. The van der Waals surface area contributed by atoms with E-state index >= 15 is 0 Å². The molecule has 11 aliphatic rings. The summed E-state index contributed by atoms with van der Waals surface area (Å²) in [5.41, 5.74) is 0.276. The van der Waals surface area contributed by atoms with Crippen molar-refractivity contribution in [2.75, 3.05) is 6.54 Å². The van der Waals surface area contributed by atoms with Gasteiger partial charge in [-0.25, -0.2) is 9.78 Å². The lowest BCUT2D eigenvalue weighted by atomic mass is 9.44. The highest BCUT2D eigenvalue weighted by atomic mass is 17.3. The fourth-order valence-corrected chi connectivity index (χ4v) is 15.8. The molecule has 11 rings (SSSR count). The van der Waals surface area contributed by atoms with Crippen LogP contribution in [-0.4, -0.2) is 48.4 Å². The number of fused-ring (bicyclic) bond motifs is 9. The highest BCUT2D eigenvalue weighted by Gasteiger charge is 2.71. The van der Waals surface area contributed by atoms with Crippen LogP contribution >= 0.6 is 0 Å². The predicted octanol–water partition coefficient (Wildman–Crippen LogP) is 8.60. The van der Waals surface area contributed by atoms with E-state index in [2.05, 4.69) is 46.9 Å². The molecule has 276 valence electrons. The van der Waals surface area contributed by atoms with Gasteiger partial charge in [0.25, 0.3) is 0 Å². The molecular formula is C42H67NO6.